The molecule has 2 heterocycles. The average molecular weight is 456 g/mol. The molecule has 0 spiro atoms. The van der Waals surface area contributed by atoms with Crippen molar-refractivity contribution in [1.29, 1.82) is 0 Å². The number of aromatic nitrogens is 2. The van der Waals surface area contributed by atoms with Crippen molar-refractivity contribution < 1.29 is 9.53 Å². The minimum absolute atomic E-state index is 0.112. The van der Waals surface area contributed by atoms with Crippen LogP contribution in [0, 0.1) is 0 Å². The molecule has 0 radical (unpaired) electrons. The molecule has 6 heteroatoms. The Balaban J connectivity index is 1.51. The van der Waals surface area contributed by atoms with Crippen LogP contribution >= 0.6 is 11.3 Å². The number of hydrogen-bond acceptors (Lipinski definition) is 5. The van der Waals surface area contributed by atoms with Crippen LogP contribution in [0.3, 0.4) is 0 Å². The van der Waals surface area contributed by atoms with Gasteiger partial charge in [-0.15, -0.1) is 11.3 Å². The van der Waals surface area contributed by atoms with Gasteiger partial charge in [0.1, 0.15) is 10.8 Å². The number of pyridine rings is 1. The summed E-state index contributed by atoms with van der Waals surface area (Å²) >= 11 is 1.54. The van der Waals surface area contributed by atoms with Crippen LogP contribution in [0.5, 0.6) is 5.75 Å². The van der Waals surface area contributed by atoms with Crippen molar-refractivity contribution in [3.8, 4) is 16.3 Å². The number of thiazole rings is 1. The van der Waals surface area contributed by atoms with E-state index in [4.69, 9.17) is 4.74 Å². The molecule has 0 atom stereocenters. The fourth-order valence-electron chi connectivity index (χ4n) is 3.26. The minimum atomic E-state index is -0.153. The molecular weight excluding hydrogens is 430 g/mol. The molecule has 0 aliphatic heterocycles. The number of nitrogens with zero attached hydrogens (tertiary/aromatic N) is 2. The van der Waals surface area contributed by atoms with E-state index in [1.54, 1.807) is 12.4 Å². The molecule has 2 aromatic heterocycles. The van der Waals surface area contributed by atoms with Gasteiger partial charge in [0.05, 0.1) is 18.3 Å². The first-order chi connectivity index (χ1) is 16.1. The third-order valence-electron chi connectivity index (χ3n) is 4.78. The molecule has 0 fully saturated rings. The Morgan fingerprint density at radius 3 is 2.55 bits per heavy atom. The second kappa shape index (κ2) is 10.7. The van der Waals surface area contributed by atoms with E-state index in [0.29, 0.717) is 12.1 Å². The Labute approximate surface area is 197 Å². The number of rotatable bonds is 8. The van der Waals surface area contributed by atoms with Gasteiger partial charge in [-0.05, 0) is 55.3 Å². The topological polar surface area (TPSA) is 64.1 Å². The van der Waals surface area contributed by atoms with Crippen LogP contribution in [0.25, 0.3) is 22.2 Å². The van der Waals surface area contributed by atoms with Crippen molar-refractivity contribution >= 4 is 28.9 Å². The van der Waals surface area contributed by atoms with Crippen LogP contribution in [-0.4, -0.2) is 22.0 Å². The van der Waals surface area contributed by atoms with Gasteiger partial charge >= 0.3 is 0 Å². The van der Waals surface area contributed by atoms with Gasteiger partial charge in [0, 0.05) is 28.9 Å². The highest BCUT2D eigenvalue weighted by molar-refractivity contribution is 7.13. The molecule has 2 aromatic carbocycles. The molecule has 5 nitrogen and oxygen atoms in total. The van der Waals surface area contributed by atoms with Gasteiger partial charge in [0.2, 0.25) is 0 Å². The largest absolute Gasteiger partial charge is 0.491 e. The maximum Gasteiger partial charge on any atom is 0.252 e. The summed E-state index contributed by atoms with van der Waals surface area (Å²) in [5.41, 5.74) is 4.15. The molecule has 0 aliphatic rings. The second-order valence-electron chi connectivity index (χ2n) is 7.73. The van der Waals surface area contributed by atoms with Crippen LogP contribution in [0.2, 0.25) is 0 Å². The molecular formula is C27H25N3O2S. The highest BCUT2D eigenvalue weighted by Crippen LogP contribution is 2.24. The van der Waals surface area contributed by atoms with Gasteiger partial charge in [-0.2, -0.15) is 0 Å². The number of amides is 1. The van der Waals surface area contributed by atoms with Crippen molar-refractivity contribution in [1.82, 2.24) is 15.3 Å². The first-order valence-electron chi connectivity index (χ1n) is 10.8. The van der Waals surface area contributed by atoms with Gasteiger partial charge < -0.3 is 10.1 Å². The van der Waals surface area contributed by atoms with Gasteiger partial charge in [-0.25, -0.2) is 4.98 Å². The summed E-state index contributed by atoms with van der Waals surface area (Å²) in [6.45, 7) is 4.34. The molecule has 0 saturated carbocycles. The van der Waals surface area contributed by atoms with Crippen molar-refractivity contribution in [2.45, 2.75) is 26.5 Å². The molecule has 0 unspecified atom stereocenters. The lowest BCUT2D eigenvalue weighted by Gasteiger charge is -2.11. The normalized spacial score (nSPS) is 11.4. The summed E-state index contributed by atoms with van der Waals surface area (Å²) in [4.78, 5) is 21.9. The lowest BCUT2D eigenvalue weighted by molar-refractivity contribution is -0.115. The van der Waals surface area contributed by atoms with E-state index >= 15 is 0 Å². The smallest absolute Gasteiger partial charge is 0.252 e. The number of carbonyl (C=O) groups is 1. The third-order valence-corrected chi connectivity index (χ3v) is 5.72. The second-order valence-corrected chi connectivity index (χ2v) is 8.59. The van der Waals surface area contributed by atoms with Crippen molar-refractivity contribution in [2.75, 3.05) is 0 Å². The quantitative estimate of drug-likeness (QED) is 0.267. The third kappa shape index (κ3) is 6.14. The Bertz CT molecular complexity index is 1220. The van der Waals surface area contributed by atoms with Crippen LogP contribution < -0.4 is 10.1 Å². The zero-order chi connectivity index (χ0) is 23.0. The lowest BCUT2D eigenvalue weighted by atomic mass is 10.0. The first-order valence-corrected chi connectivity index (χ1v) is 11.6. The van der Waals surface area contributed by atoms with Gasteiger partial charge in [0.25, 0.3) is 5.91 Å². The Morgan fingerprint density at radius 1 is 1.06 bits per heavy atom. The average Bonchev–Trinajstić information content (AvgIpc) is 3.32. The Kier molecular flexibility index (Phi) is 7.27. The highest BCUT2D eigenvalue weighted by Gasteiger charge is 2.13. The van der Waals surface area contributed by atoms with Crippen LogP contribution in [0.1, 0.15) is 30.7 Å². The molecule has 0 aliphatic carbocycles. The fourth-order valence-corrected chi connectivity index (χ4v) is 4.07. The summed E-state index contributed by atoms with van der Waals surface area (Å²) in [6, 6.07) is 21.3. The minimum Gasteiger partial charge on any atom is -0.491 e. The van der Waals surface area contributed by atoms with E-state index in [0.717, 1.165) is 33.1 Å². The van der Waals surface area contributed by atoms with E-state index in [-0.39, 0.29) is 12.0 Å². The fraction of sp³-hybridized carbons (Fsp3) is 0.148. The van der Waals surface area contributed by atoms with E-state index in [9.17, 15) is 4.79 Å². The molecule has 0 saturated heterocycles. The maximum absolute atomic E-state index is 13.2. The number of hydrogen-bond donors (Lipinski definition) is 1. The molecule has 33 heavy (non-hydrogen) atoms. The predicted molar refractivity (Wildman–Crippen MR) is 134 cm³/mol. The molecule has 0 bridgehead atoms. The Morgan fingerprint density at radius 2 is 1.85 bits per heavy atom. The number of benzene rings is 2. The summed E-state index contributed by atoms with van der Waals surface area (Å²) < 4.78 is 5.72. The van der Waals surface area contributed by atoms with E-state index < -0.39 is 0 Å². The molecule has 4 aromatic rings. The Hall–Kier alpha value is -3.77. The van der Waals surface area contributed by atoms with Gasteiger partial charge in [-0.1, -0.05) is 42.5 Å². The number of nitrogens with one attached hydrogen (secondary N) is 1. The highest BCUT2D eigenvalue weighted by atomic mass is 32.1. The van der Waals surface area contributed by atoms with Crippen LogP contribution in [-0.2, 0) is 11.3 Å². The lowest BCUT2D eigenvalue weighted by Crippen LogP contribution is -2.24. The van der Waals surface area contributed by atoms with Crippen molar-refractivity contribution in [3.63, 3.8) is 0 Å². The summed E-state index contributed by atoms with van der Waals surface area (Å²) in [7, 11) is 0. The summed E-state index contributed by atoms with van der Waals surface area (Å²) in [6.07, 6.45) is 5.53. The van der Waals surface area contributed by atoms with Crippen LogP contribution in [0.15, 0.2) is 84.5 Å². The monoisotopic (exact) mass is 455 g/mol. The van der Waals surface area contributed by atoms with E-state index in [1.165, 1.54) is 11.3 Å². The zero-order valence-electron chi connectivity index (χ0n) is 18.6. The van der Waals surface area contributed by atoms with E-state index in [2.05, 4.69) is 15.3 Å². The summed E-state index contributed by atoms with van der Waals surface area (Å²) in [5.74, 6) is 0.653. The zero-order valence-corrected chi connectivity index (χ0v) is 19.4. The molecule has 1 N–H and O–H groups in total. The molecule has 1 amide bonds. The molecule has 166 valence electrons. The first kappa shape index (κ1) is 22.4. The summed E-state index contributed by atoms with van der Waals surface area (Å²) in [5, 5.41) is 5.86. The van der Waals surface area contributed by atoms with Crippen molar-refractivity contribution in [3.05, 3.63) is 101 Å². The van der Waals surface area contributed by atoms with Crippen molar-refractivity contribution in [2.24, 2.45) is 0 Å². The number of carbonyl (C=O) groups excluding carboxylic acids is 1. The predicted octanol–water partition coefficient (Wildman–Crippen LogP) is 5.85. The van der Waals surface area contributed by atoms with Crippen LogP contribution in [0.4, 0.5) is 0 Å². The maximum atomic E-state index is 13.2. The number of ether oxygens (including phenoxy) is 1. The van der Waals surface area contributed by atoms with Gasteiger partial charge in [-0.3, -0.25) is 9.78 Å². The van der Waals surface area contributed by atoms with Gasteiger partial charge in [0.15, 0.2) is 0 Å². The standard InChI is InChI=1S/C27H25N3O2S/c1-19(2)32-24-12-10-20(11-13-24)15-25(21-7-4-3-5-8-21)26(31)29-17-23-18-33-27(30-23)22-9-6-14-28-16-22/h3-16,18-19H,17H2,1-2H3,(H,29,31)/b25-15+. The SMILES string of the molecule is CC(C)Oc1ccc(/C=C(/C(=O)NCc2csc(-c3cccnc3)n2)c2ccccc2)cc1. The van der Waals surface area contributed by atoms with E-state index in [1.807, 2.05) is 92.0 Å². The molecule has 4 rings (SSSR count).